The Morgan fingerprint density at radius 2 is 2.00 bits per heavy atom. The number of nitrogens with zero attached hydrogens (tertiary/aromatic N) is 3. The molecule has 0 fully saturated rings. The summed E-state index contributed by atoms with van der Waals surface area (Å²) in [5.74, 6) is 1.30. The van der Waals surface area contributed by atoms with E-state index in [0.29, 0.717) is 17.8 Å². The SMILES string of the molecule is Cc1ccc(CNC(=O)[C@@H](C)n2c3ccccc3c3cnn(C)c(=O)c32)o1. The molecule has 0 radical (unpaired) electrons. The van der Waals surface area contributed by atoms with Gasteiger partial charge in [-0.15, -0.1) is 0 Å². The zero-order chi connectivity index (χ0) is 19.1. The van der Waals surface area contributed by atoms with E-state index in [1.165, 1.54) is 4.68 Å². The van der Waals surface area contributed by atoms with E-state index in [2.05, 4.69) is 10.4 Å². The molecule has 4 rings (SSSR count). The molecule has 1 amide bonds. The Balaban J connectivity index is 1.78. The number of rotatable bonds is 4. The maximum Gasteiger partial charge on any atom is 0.291 e. The average molecular weight is 364 g/mol. The van der Waals surface area contributed by atoms with Gasteiger partial charge in [0.15, 0.2) is 0 Å². The number of carbonyl (C=O) groups excluding carboxylic acids is 1. The largest absolute Gasteiger partial charge is 0.465 e. The summed E-state index contributed by atoms with van der Waals surface area (Å²) >= 11 is 0. The van der Waals surface area contributed by atoms with Gasteiger partial charge in [-0.1, -0.05) is 18.2 Å². The Labute approximate surface area is 155 Å². The predicted octanol–water partition coefficient (Wildman–Crippen LogP) is 2.67. The first kappa shape index (κ1) is 17.1. The van der Waals surface area contributed by atoms with Gasteiger partial charge in [-0.3, -0.25) is 9.59 Å². The number of para-hydroxylation sites is 1. The van der Waals surface area contributed by atoms with Gasteiger partial charge in [0.25, 0.3) is 5.56 Å². The summed E-state index contributed by atoms with van der Waals surface area (Å²) in [5.41, 5.74) is 1.07. The topological polar surface area (TPSA) is 82.1 Å². The van der Waals surface area contributed by atoms with Crippen molar-refractivity contribution in [2.45, 2.75) is 26.4 Å². The molecule has 0 aliphatic rings. The molecule has 0 bridgehead atoms. The van der Waals surface area contributed by atoms with E-state index in [9.17, 15) is 9.59 Å². The number of carbonyl (C=O) groups is 1. The van der Waals surface area contributed by atoms with Crippen molar-refractivity contribution >= 4 is 27.7 Å². The van der Waals surface area contributed by atoms with Gasteiger partial charge >= 0.3 is 0 Å². The lowest BCUT2D eigenvalue weighted by Gasteiger charge is -2.16. The summed E-state index contributed by atoms with van der Waals surface area (Å²) in [6.07, 6.45) is 1.67. The Bertz CT molecular complexity index is 1220. The Hall–Kier alpha value is -3.35. The van der Waals surface area contributed by atoms with Crippen molar-refractivity contribution in [2.75, 3.05) is 0 Å². The molecule has 4 aromatic rings. The van der Waals surface area contributed by atoms with E-state index >= 15 is 0 Å². The van der Waals surface area contributed by atoms with Crippen LogP contribution in [-0.2, 0) is 18.4 Å². The highest BCUT2D eigenvalue weighted by molar-refractivity contribution is 6.08. The maximum atomic E-state index is 12.8. The van der Waals surface area contributed by atoms with E-state index in [-0.39, 0.29) is 11.5 Å². The molecule has 0 aliphatic heterocycles. The Morgan fingerprint density at radius 1 is 1.22 bits per heavy atom. The van der Waals surface area contributed by atoms with E-state index in [1.54, 1.807) is 24.7 Å². The normalized spacial score (nSPS) is 12.6. The zero-order valence-corrected chi connectivity index (χ0v) is 15.4. The summed E-state index contributed by atoms with van der Waals surface area (Å²) < 4.78 is 8.57. The van der Waals surface area contributed by atoms with Crippen LogP contribution in [0.5, 0.6) is 0 Å². The molecule has 27 heavy (non-hydrogen) atoms. The fraction of sp³-hybridized carbons (Fsp3) is 0.250. The van der Waals surface area contributed by atoms with Crippen LogP contribution in [-0.4, -0.2) is 20.3 Å². The summed E-state index contributed by atoms with van der Waals surface area (Å²) in [6.45, 7) is 3.94. The van der Waals surface area contributed by atoms with E-state index in [0.717, 1.165) is 22.0 Å². The van der Waals surface area contributed by atoms with Crippen LogP contribution in [0.4, 0.5) is 0 Å². The summed E-state index contributed by atoms with van der Waals surface area (Å²) in [5, 5.41) is 8.66. The molecule has 1 atom stereocenters. The third-order valence-electron chi connectivity index (χ3n) is 4.81. The molecule has 1 aromatic carbocycles. The number of nitrogens with one attached hydrogen (secondary N) is 1. The van der Waals surface area contributed by atoms with E-state index in [1.807, 2.05) is 43.3 Å². The number of aryl methyl sites for hydroxylation is 2. The first-order valence-electron chi connectivity index (χ1n) is 8.75. The molecule has 7 nitrogen and oxygen atoms in total. The number of benzene rings is 1. The predicted molar refractivity (Wildman–Crippen MR) is 102 cm³/mol. The monoisotopic (exact) mass is 364 g/mol. The summed E-state index contributed by atoms with van der Waals surface area (Å²) in [4.78, 5) is 25.6. The van der Waals surface area contributed by atoms with Gasteiger partial charge in [0, 0.05) is 17.8 Å². The lowest BCUT2D eigenvalue weighted by Crippen LogP contribution is -2.32. The molecule has 138 valence electrons. The zero-order valence-electron chi connectivity index (χ0n) is 15.4. The molecule has 0 aliphatic carbocycles. The average Bonchev–Trinajstić information content (AvgIpc) is 3.23. The quantitative estimate of drug-likeness (QED) is 0.604. The summed E-state index contributed by atoms with van der Waals surface area (Å²) in [7, 11) is 1.60. The second-order valence-electron chi connectivity index (χ2n) is 6.63. The van der Waals surface area contributed by atoms with Crippen LogP contribution in [0.25, 0.3) is 21.8 Å². The highest BCUT2D eigenvalue weighted by Crippen LogP contribution is 2.29. The molecule has 3 heterocycles. The molecule has 0 spiro atoms. The number of fused-ring (bicyclic) bond motifs is 3. The lowest BCUT2D eigenvalue weighted by molar-refractivity contribution is -0.123. The number of aromatic nitrogens is 3. The van der Waals surface area contributed by atoms with Gasteiger partial charge in [0.1, 0.15) is 23.1 Å². The molecule has 1 N–H and O–H groups in total. The minimum atomic E-state index is -0.571. The Kier molecular flexibility index (Phi) is 4.07. The van der Waals surface area contributed by atoms with Gasteiger partial charge in [0.2, 0.25) is 5.91 Å². The number of hydrogen-bond donors (Lipinski definition) is 1. The first-order chi connectivity index (χ1) is 13.0. The van der Waals surface area contributed by atoms with Crippen molar-refractivity contribution in [1.82, 2.24) is 19.7 Å². The second-order valence-corrected chi connectivity index (χ2v) is 6.63. The van der Waals surface area contributed by atoms with Crippen molar-refractivity contribution in [2.24, 2.45) is 7.05 Å². The van der Waals surface area contributed by atoms with Crippen molar-refractivity contribution in [3.8, 4) is 0 Å². The van der Waals surface area contributed by atoms with E-state index < -0.39 is 6.04 Å². The third kappa shape index (κ3) is 2.81. The van der Waals surface area contributed by atoms with Crippen LogP contribution in [0.15, 0.2) is 51.8 Å². The minimum Gasteiger partial charge on any atom is -0.465 e. The van der Waals surface area contributed by atoms with Crippen LogP contribution >= 0.6 is 0 Å². The van der Waals surface area contributed by atoms with Crippen LogP contribution in [0, 0.1) is 6.92 Å². The van der Waals surface area contributed by atoms with Crippen molar-refractivity contribution in [3.05, 3.63) is 64.5 Å². The number of hydrogen-bond acceptors (Lipinski definition) is 4. The third-order valence-corrected chi connectivity index (χ3v) is 4.81. The molecule has 7 heteroatoms. The van der Waals surface area contributed by atoms with Crippen LogP contribution in [0.1, 0.15) is 24.5 Å². The van der Waals surface area contributed by atoms with Crippen molar-refractivity contribution in [3.63, 3.8) is 0 Å². The molecule has 0 saturated carbocycles. The second kappa shape index (κ2) is 6.42. The van der Waals surface area contributed by atoms with Gasteiger partial charge in [0.05, 0.1) is 18.3 Å². The molecular formula is C20H20N4O3. The molecular weight excluding hydrogens is 344 g/mol. The van der Waals surface area contributed by atoms with Gasteiger partial charge in [-0.2, -0.15) is 5.10 Å². The fourth-order valence-electron chi connectivity index (χ4n) is 3.41. The van der Waals surface area contributed by atoms with Crippen molar-refractivity contribution in [1.29, 1.82) is 0 Å². The van der Waals surface area contributed by atoms with Gasteiger partial charge in [-0.05, 0) is 32.0 Å². The highest BCUT2D eigenvalue weighted by atomic mass is 16.3. The first-order valence-corrected chi connectivity index (χ1v) is 8.75. The smallest absolute Gasteiger partial charge is 0.291 e. The maximum absolute atomic E-state index is 12.8. The van der Waals surface area contributed by atoms with Crippen LogP contribution in [0.2, 0.25) is 0 Å². The summed E-state index contributed by atoms with van der Waals surface area (Å²) in [6, 6.07) is 10.8. The van der Waals surface area contributed by atoms with Crippen LogP contribution in [0.3, 0.4) is 0 Å². The van der Waals surface area contributed by atoms with E-state index in [4.69, 9.17) is 4.42 Å². The highest BCUT2D eigenvalue weighted by Gasteiger charge is 2.23. The number of furan rings is 1. The molecule has 3 aromatic heterocycles. The van der Waals surface area contributed by atoms with Crippen LogP contribution < -0.4 is 10.9 Å². The Morgan fingerprint density at radius 3 is 2.74 bits per heavy atom. The lowest BCUT2D eigenvalue weighted by atomic mass is 10.2. The standard InChI is InChI=1S/C20H20N4O3/c1-12-8-9-14(27-12)10-21-19(25)13(2)24-17-7-5-4-6-15(17)16-11-22-23(3)20(26)18(16)24/h4-9,11,13H,10H2,1-3H3,(H,21,25)/t13-/m1/s1. The van der Waals surface area contributed by atoms with Crippen molar-refractivity contribution < 1.29 is 9.21 Å². The minimum absolute atomic E-state index is 0.189. The van der Waals surface area contributed by atoms with Gasteiger partial charge in [-0.25, -0.2) is 4.68 Å². The molecule has 0 saturated heterocycles. The molecule has 0 unspecified atom stereocenters. The van der Waals surface area contributed by atoms with Gasteiger partial charge < -0.3 is 14.3 Å². The number of amides is 1. The fourth-order valence-corrected chi connectivity index (χ4v) is 3.41.